The molecule has 0 amide bonds. The number of rotatable bonds is 1. The Bertz CT molecular complexity index is 657. The fourth-order valence-electron chi connectivity index (χ4n) is 2.17. The van der Waals surface area contributed by atoms with Crippen molar-refractivity contribution in [2.24, 2.45) is 0 Å². The van der Waals surface area contributed by atoms with Crippen molar-refractivity contribution < 1.29 is 0 Å². The summed E-state index contributed by atoms with van der Waals surface area (Å²) < 4.78 is 1.94. The molecule has 3 nitrogen and oxygen atoms in total. The molecule has 1 heterocycles. The van der Waals surface area contributed by atoms with Crippen LogP contribution in [0.25, 0.3) is 5.69 Å². The zero-order valence-electron chi connectivity index (χ0n) is 11.2. The number of nitrogens with zero attached hydrogens (tertiary/aromatic N) is 2. The zero-order valence-corrected chi connectivity index (χ0v) is 11.2. The van der Waals surface area contributed by atoms with Crippen LogP contribution in [0.2, 0.25) is 0 Å². The molecule has 0 fully saturated rings. The van der Waals surface area contributed by atoms with Gasteiger partial charge in [-0.05, 0) is 56.5 Å². The van der Waals surface area contributed by atoms with Gasteiger partial charge in [-0.2, -0.15) is 5.26 Å². The first-order valence-electron chi connectivity index (χ1n) is 5.92. The van der Waals surface area contributed by atoms with Crippen molar-refractivity contribution in [3.8, 4) is 11.8 Å². The van der Waals surface area contributed by atoms with Crippen LogP contribution in [0.3, 0.4) is 0 Å². The van der Waals surface area contributed by atoms with Gasteiger partial charge in [-0.15, -0.1) is 0 Å². The molecule has 0 aliphatic rings. The first kappa shape index (κ1) is 12.3. The van der Waals surface area contributed by atoms with Gasteiger partial charge in [0, 0.05) is 11.4 Å². The molecule has 1 aromatic carbocycles. The van der Waals surface area contributed by atoms with Crippen molar-refractivity contribution in [2.75, 3.05) is 5.73 Å². The van der Waals surface area contributed by atoms with Crippen LogP contribution in [0.5, 0.6) is 0 Å². The van der Waals surface area contributed by atoms with Gasteiger partial charge in [0.25, 0.3) is 0 Å². The summed E-state index contributed by atoms with van der Waals surface area (Å²) in [6, 6.07) is 8.38. The highest BCUT2D eigenvalue weighted by molar-refractivity contribution is 5.62. The Labute approximate surface area is 107 Å². The van der Waals surface area contributed by atoms with E-state index >= 15 is 0 Å². The van der Waals surface area contributed by atoms with Gasteiger partial charge >= 0.3 is 0 Å². The summed E-state index contributed by atoms with van der Waals surface area (Å²) in [4.78, 5) is 0. The standard InChI is InChI=1S/C15H17N3/c1-9-5-6-13(7-10(9)2)18-12(4)11(3)14(8-16)15(18)17/h5-7H,17H2,1-4H3. The smallest absolute Gasteiger partial charge is 0.126 e. The summed E-state index contributed by atoms with van der Waals surface area (Å²) in [5.74, 6) is 0.524. The largest absolute Gasteiger partial charge is 0.384 e. The number of aromatic nitrogens is 1. The third-order valence-electron chi connectivity index (χ3n) is 3.61. The summed E-state index contributed by atoms with van der Waals surface area (Å²) in [5, 5.41) is 9.14. The van der Waals surface area contributed by atoms with E-state index in [0.29, 0.717) is 11.4 Å². The van der Waals surface area contributed by atoms with Crippen LogP contribution in [-0.4, -0.2) is 4.57 Å². The predicted molar refractivity (Wildman–Crippen MR) is 73.8 cm³/mol. The Morgan fingerprint density at radius 3 is 2.28 bits per heavy atom. The lowest BCUT2D eigenvalue weighted by atomic mass is 10.1. The molecule has 0 spiro atoms. The van der Waals surface area contributed by atoms with E-state index in [2.05, 4.69) is 32.0 Å². The fourth-order valence-corrected chi connectivity index (χ4v) is 2.17. The Kier molecular flexibility index (Phi) is 2.88. The highest BCUT2D eigenvalue weighted by Gasteiger charge is 2.16. The van der Waals surface area contributed by atoms with Crippen LogP contribution in [0.4, 0.5) is 5.82 Å². The minimum absolute atomic E-state index is 0.524. The van der Waals surface area contributed by atoms with Crippen LogP contribution < -0.4 is 5.73 Å². The third-order valence-corrected chi connectivity index (χ3v) is 3.61. The molecule has 0 bridgehead atoms. The molecular weight excluding hydrogens is 222 g/mol. The molecule has 0 aliphatic carbocycles. The van der Waals surface area contributed by atoms with Crippen LogP contribution in [-0.2, 0) is 0 Å². The molecule has 18 heavy (non-hydrogen) atoms. The van der Waals surface area contributed by atoms with Crippen LogP contribution >= 0.6 is 0 Å². The SMILES string of the molecule is Cc1ccc(-n2c(C)c(C)c(C#N)c2N)cc1C. The van der Waals surface area contributed by atoms with Crippen molar-refractivity contribution in [3.05, 3.63) is 46.1 Å². The van der Waals surface area contributed by atoms with Crippen molar-refractivity contribution in [3.63, 3.8) is 0 Å². The maximum absolute atomic E-state index is 9.14. The van der Waals surface area contributed by atoms with Gasteiger partial charge in [-0.25, -0.2) is 0 Å². The maximum atomic E-state index is 9.14. The van der Waals surface area contributed by atoms with Gasteiger partial charge in [0.2, 0.25) is 0 Å². The van der Waals surface area contributed by atoms with Crippen LogP contribution in [0.1, 0.15) is 27.9 Å². The number of nitrogens with two attached hydrogens (primary N) is 1. The molecule has 0 radical (unpaired) electrons. The summed E-state index contributed by atoms with van der Waals surface area (Å²) in [5.41, 5.74) is 12.1. The molecule has 2 N–H and O–H groups in total. The minimum atomic E-state index is 0.524. The lowest BCUT2D eigenvalue weighted by Crippen LogP contribution is -2.03. The Morgan fingerprint density at radius 2 is 1.78 bits per heavy atom. The van der Waals surface area contributed by atoms with Gasteiger partial charge < -0.3 is 5.73 Å². The van der Waals surface area contributed by atoms with Crippen molar-refractivity contribution >= 4 is 5.82 Å². The van der Waals surface area contributed by atoms with Gasteiger partial charge in [0.1, 0.15) is 11.9 Å². The molecule has 92 valence electrons. The minimum Gasteiger partial charge on any atom is -0.384 e. The average molecular weight is 239 g/mol. The number of anilines is 1. The van der Waals surface area contributed by atoms with Gasteiger partial charge in [-0.3, -0.25) is 4.57 Å². The lowest BCUT2D eigenvalue weighted by molar-refractivity contribution is 1.01. The molecule has 1 aromatic heterocycles. The fraction of sp³-hybridized carbons (Fsp3) is 0.267. The zero-order chi connectivity index (χ0) is 13.4. The molecule has 0 saturated heterocycles. The molecule has 3 heteroatoms. The molecule has 2 aromatic rings. The normalized spacial score (nSPS) is 10.4. The monoisotopic (exact) mass is 239 g/mol. The second-order valence-corrected chi connectivity index (χ2v) is 4.69. The summed E-state index contributed by atoms with van der Waals surface area (Å²) in [7, 11) is 0. The summed E-state index contributed by atoms with van der Waals surface area (Å²) >= 11 is 0. The van der Waals surface area contributed by atoms with E-state index in [9.17, 15) is 0 Å². The highest BCUT2D eigenvalue weighted by atomic mass is 15.1. The predicted octanol–water partition coefficient (Wildman–Crippen LogP) is 3.16. The van der Waals surface area contributed by atoms with Gasteiger partial charge in [0.15, 0.2) is 0 Å². The number of nitrogen functional groups attached to an aromatic ring is 1. The van der Waals surface area contributed by atoms with E-state index in [1.807, 2.05) is 24.5 Å². The summed E-state index contributed by atoms with van der Waals surface area (Å²) in [6.07, 6.45) is 0. The summed E-state index contributed by atoms with van der Waals surface area (Å²) in [6.45, 7) is 8.08. The Balaban J connectivity index is 2.72. The first-order valence-corrected chi connectivity index (χ1v) is 5.92. The molecule has 0 saturated carbocycles. The van der Waals surface area contributed by atoms with Crippen LogP contribution in [0.15, 0.2) is 18.2 Å². The van der Waals surface area contributed by atoms with E-state index in [1.165, 1.54) is 11.1 Å². The topological polar surface area (TPSA) is 54.7 Å². The lowest BCUT2D eigenvalue weighted by Gasteiger charge is -2.11. The second-order valence-electron chi connectivity index (χ2n) is 4.69. The van der Waals surface area contributed by atoms with E-state index in [0.717, 1.165) is 16.9 Å². The number of nitriles is 1. The molecule has 0 atom stereocenters. The van der Waals surface area contributed by atoms with E-state index in [1.54, 1.807) is 0 Å². The van der Waals surface area contributed by atoms with E-state index < -0.39 is 0 Å². The van der Waals surface area contributed by atoms with Crippen molar-refractivity contribution in [1.29, 1.82) is 5.26 Å². The van der Waals surface area contributed by atoms with E-state index in [-0.39, 0.29) is 0 Å². The molecule has 0 aliphatic heterocycles. The molecule has 0 unspecified atom stereocenters. The second kappa shape index (κ2) is 4.23. The third kappa shape index (κ3) is 1.67. The quantitative estimate of drug-likeness (QED) is 0.831. The van der Waals surface area contributed by atoms with Gasteiger partial charge in [0.05, 0.1) is 5.56 Å². The average Bonchev–Trinajstić information content (AvgIpc) is 2.54. The molecule has 2 rings (SSSR count). The number of aryl methyl sites for hydroxylation is 2. The Hall–Kier alpha value is -2.21. The first-order chi connectivity index (χ1) is 8.47. The van der Waals surface area contributed by atoms with Crippen LogP contribution in [0, 0.1) is 39.0 Å². The van der Waals surface area contributed by atoms with Gasteiger partial charge in [-0.1, -0.05) is 6.07 Å². The molecular formula is C15H17N3. The van der Waals surface area contributed by atoms with Crippen molar-refractivity contribution in [2.45, 2.75) is 27.7 Å². The van der Waals surface area contributed by atoms with Crippen molar-refractivity contribution in [1.82, 2.24) is 4.57 Å². The Morgan fingerprint density at radius 1 is 1.11 bits per heavy atom. The maximum Gasteiger partial charge on any atom is 0.126 e. The number of hydrogen-bond acceptors (Lipinski definition) is 2. The number of benzene rings is 1. The number of hydrogen-bond donors (Lipinski definition) is 1. The highest BCUT2D eigenvalue weighted by Crippen LogP contribution is 2.28. The van der Waals surface area contributed by atoms with E-state index in [4.69, 9.17) is 11.0 Å².